The highest BCUT2D eigenvalue weighted by molar-refractivity contribution is 5.95. The van der Waals surface area contributed by atoms with Gasteiger partial charge in [0.2, 0.25) is 0 Å². The molecule has 1 aromatic heterocycles. The molecule has 0 spiro atoms. The molecule has 19 heavy (non-hydrogen) atoms. The van der Waals surface area contributed by atoms with E-state index in [1.54, 1.807) is 49.8 Å². The summed E-state index contributed by atoms with van der Waals surface area (Å²) in [5.74, 6) is 0.336. The van der Waals surface area contributed by atoms with E-state index in [4.69, 9.17) is 4.74 Å². The standard InChI is InChI=1S/C14H13N3O2/c1-19-13-6-2-5-12(8-13)14(18)17-16-10-11-4-3-7-15-9-11/h2-10H,1H3,(H,17,18). The van der Waals surface area contributed by atoms with Crippen LogP contribution >= 0.6 is 0 Å². The van der Waals surface area contributed by atoms with Crippen LogP contribution in [-0.2, 0) is 0 Å². The van der Waals surface area contributed by atoms with Crippen molar-refractivity contribution in [3.8, 4) is 5.75 Å². The van der Waals surface area contributed by atoms with Crippen molar-refractivity contribution in [1.82, 2.24) is 10.4 Å². The van der Waals surface area contributed by atoms with Crippen molar-refractivity contribution in [2.24, 2.45) is 5.10 Å². The summed E-state index contributed by atoms with van der Waals surface area (Å²) < 4.78 is 5.05. The highest BCUT2D eigenvalue weighted by Crippen LogP contribution is 2.12. The van der Waals surface area contributed by atoms with Gasteiger partial charge in [0.25, 0.3) is 5.91 Å². The van der Waals surface area contributed by atoms with Gasteiger partial charge >= 0.3 is 0 Å². The lowest BCUT2D eigenvalue weighted by atomic mass is 10.2. The second-order valence-corrected chi connectivity index (χ2v) is 3.72. The van der Waals surface area contributed by atoms with Gasteiger partial charge in [-0.25, -0.2) is 5.43 Å². The monoisotopic (exact) mass is 255 g/mol. The van der Waals surface area contributed by atoms with Crippen LogP contribution in [0.5, 0.6) is 5.75 Å². The van der Waals surface area contributed by atoms with Crippen molar-refractivity contribution < 1.29 is 9.53 Å². The molecule has 2 aromatic rings. The number of ether oxygens (including phenoxy) is 1. The Kier molecular flexibility index (Phi) is 4.23. The van der Waals surface area contributed by atoms with Crippen LogP contribution in [0, 0.1) is 0 Å². The maximum atomic E-state index is 11.8. The van der Waals surface area contributed by atoms with Gasteiger partial charge < -0.3 is 4.74 Å². The van der Waals surface area contributed by atoms with Crippen molar-refractivity contribution in [2.75, 3.05) is 7.11 Å². The third kappa shape index (κ3) is 3.64. The van der Waals surface area contributed by atoms with Crippen LogP contribution in [0.25, 0.3) is 0 Å². The molecule has 0 radical (unpaired) electrons. The fourth-order valence-electron chi connectivity index (χ4n) is 1.45. The molecule has 1 heterocycles. The number of carbonyl (C=O) groups is 1. The lowest BCUT2D eigenvalue weighted by Gasteiger charge is -2.02. The van der Waals surface area contributed by atoms with E-state index >= 15 is 0 Å². The Labute approximate surface area is 110 Å². The van der Waals surface area contributed by atoms with E-state index in [2.05, 4.69) is 15.5 Å². The molecule has 0 saturated carbocycles. The van der Waals surface area contributed by atoms with Crippen LogP contribution < -0.4 is 10.2 Å². The molecule has 2 rings (SSSR count). The molecule has 1 amide bonds. The number of aromatic nitrogens is 1. The highest BCUT2D eigenvalue weighted by atomic mass is 16.5. The Hall–Kier alpha value is -2.69. The highest BCUT2D eigenvalue weighted by Gasteiger charge is 2.04. The number of benzene rings is 1. The summed E-state index contributed by atoms with van der Waals surface area (Å²) in [5.41, 5.74) is 3.75. The summed E-state index contributed by atoms with van der Waals surface area (Å²) in [7, 11) is 1.55. The van der Waals surface area contributed by atoms with Crippen LogP contribution in [-0.4, -0.2) is 24.2 Å². The third-order valence-electron chi connectivity index (χ3n) is 2.40. The van der Waals surface area contributed by atoms with Gasteiger partial charge in [0.05, 0.1) is 13.3 Å². The minimum absolute atomic E-state index is 0.293. The van der Waals surface area contributed by atoms with Crippen molar-refractivity contribution in [3.05, 3.63) is 59.9 Å². The zero-order valence-corrected chi connectivity index (χ0v) is 10.4. The quantitative estimate of drug-likeness (QED) is 0.670. The van der Waals surface area contributed by atoms with E-state index in [9.17, 15) is 4.79 Å². The average Bonchev–Trinajstić information content (AvgIpc) is 2.48. The van der Waals surface area contributed by atoms with E-state index in [-0.39, 0.29) is 5.91 Å². The number of nitrogens with zero attached hydrogens (tertiary/aromatic N) is 2. The molecule has 0 aliphatic rings. The molecule has 0 bridgehead atoms. The largest absolute Gasteiger partial charge is 0.497 e. The lowest BCUT2D eigenvalue weighted by molar-refractivity contribution is 0.0955. The Bertz CT molecular complexity index is 582. The molecule has 0 unspecified atom stereocenters. The summed E-state index contributed by atoms with van der Waals surface area (Å²) in [6.45, 7) is 0. The molecule has 0 aliphatic heterocycles. The van der Waals surface area contributed by atoms with E-state index in [1.807, 2.05) is 6.07 Å². The first kappa shape index (κ1) is 12.8. The number of amides is 1. The van der Waals surface area contributed by atoms with Crippen LogP contribution in [0.1, 0.15) is 15.9 Å². The molecule has 0 atom stereocenters. The van der Waals surface area contributed by atoms with Gasteiger partial charge in [-0.2, -0.15) is 5.10 Å². The molecule has 0 fully saturated rings. The van der Waals surface area contributed by atoms with Gasteiger partial charge in [0.1, 0.15) is 5.75 Å². The van der Waals surface area contributed by atoms with E-state index in [1.165, 1.54) is 6.21 Å². The molecular formula is C14H13N3O2. The van der Waals surface area contributed by atoms with Crippen LogP contribution in [0.3, 0.4) is 0 Å². The van der Waals surface area contributed by atoms with Gasteiger partial charge in [0.15, 0.2) is 0 Å². The van der Waals surface area contributed by atoms with Gasteiger partial charge in [-0.05, 0) is 24.3 Å². The maximum absolute atomic E-state index is 11.8. The molecule has 5 heteroatoms. The number of hydrogen-bond acceptors (Lipinski definition) is 4. The summed E-state index contributed by atoms with van der Waals surface area (Å²) in [5, 5.41) is 3.87. The Morgan fingerprint density at radius 2 is 2.26 bits per heavy atom. The lowest BCUT2D eigenvalue weighted by Crippen LogP contribution is -2.17. The molecule has 1 aromatic carbocycles. The molecule has 1 N–H and O–H groups in total. The Morgan fingerprint density at radius 3 is 3.00 bits per heavy atom. The molecule has 0 saturated heterocycles. The van der Waals surface area contributed by atoms with Gasteiger partial charge in [-0.15, -0.1) is 0 Å². The summed E-state index contributed by atoms with van der Waals surface area (Å²) in [4.78, 5) is 15.7. The predicted molar refractivity (Wildman–Crippen MR) is 72.3 cm³/mol. The van der Waals surface area contributed by atoms with Crippen LogP contribution in [0.15, 0.2) is 53.9 Å². The second-order valence-electron chi connectivity index (χ2n) is 3.72. The normalized spacial score (nSPS) is 10.4. The summed E-state index contributed by atoms with van der Waals surface area (Å²) in [6, 6.07) is 10.5. The number of pyridine rings is 1. The number of carbonyl (C=O) groups excluding carboxylic acids is 1. The van der Waals surface area contributed by atoms with E-state index in [0.29, 0.717) is 11.3 Å². The zero-order valence-electron chi connectivity index (χ0n) is 10.4. The van der Waals surface area contributed by atoms with Crippen molar-refractivity contribution in [2.45, 2.75) is 0 Å². The smallest absolute Gasteiger partial charge is 0.271 e. The van der Waals surface area contributed by atoms with Crippen molar-refractivity contribution in [3.63, 3.8) is 0 Å². The summed E-state index contributed by atoms with van der Waals surface area (Å²) in [6.07, 6.45) is 4.86. The van der Waals surface area contributed by atoms with Gasteiger partial charge in [-0.3, -0.25) is 9.78 Å². The molecule has 5 nitrogen and oxygen atoms in total. The van der Waals surface area contributed by atoms with Crippen LogP contribution in [0.2, 0.25) is 0 Å². The van der Waals surface area contributed by atoms with E-state index < -0.39 is 0 Å². The number of hydrogen-bond donors (Lipinski definition) is 1. The minimum atomic E-state index is -0.293. The topological polar surface area (TPSA) is 63.6 Å². The molecule has 96 valence electrons. The zero-order chi connectivity index (χ0) is 13.5. The van der Waals surface area contributed by atoms with Crippen molar-refractivity contribution >= 4 is 12.1 Å². The van der Waals surface area contributed by atoms with Gasteiger partial charge in [-0.1, -0.05) is 12.1 Å². The SMILES string of the molecule is COc1cccc(C(=O)NN=Cc2cccnc2)c1. The minimum Gasteiger partial charge on any atom is -0.497 e. The van der Waals surface area contributed by atoms with E-state index in [0.717, 1.165) is 5.56 Å². The predicted octanol–water partition coefficient (Wildman–Crippen LogP) is 1.85. The molecule has 0 aliphatic carbocycles. The molecular weight excluding hydrogens is 242 g/mol. The fraction of sp³-hybridized carbons (Fsp3) is 0.0714. The number of methoxy groups -OCH3 is 1. The number of rotatable bonds is 4. The maximum Gasteiger partial charge on any atom is 0.271 e. The van der Waals surface area contributed by atoms with Crippen LogP contribution in [0.4, 0.5) is 0 Å². The first-order chi connectivity index (χ1) is 9.29. The number of hydrazone groups is 1. The second kappa shape index (κ2) is 6.30. The average molecular weight is 255 g/mol. The summed E-state index contributed by atoms with van der Waals surface area (Å²) >= 11 is 0. The first-order valence-electron chi connectivity index (χ1n) is 5.67. The van der Waals surface area contributed by atoms with Crippen molar-refractivity contribution in [1.29, 1.82) is 0 Å². The first-order valence-corrected chi connectivity index (χ1v) is 5.67. The Balaban J connectivity index is 1.99. The fourth-order valence-corrected chi connectivity index (χ4v) is 1.45. The third-order valence-corrected chi connectivity index (χ3v) is 2.40. The Morgan fingerprint density at radius 1 is 1.37 bits per heavy atom. The van der Waals surface area contributed by atoms with Gasteiger partial charge in [0, 0.05) is 23.5 Å². The number of nitrogens with one attached hydrogen (secondary N) is 1.